The number of benzene rings is 1. The Bertz CT molecular complexity index is 538. The Morgan fingerprint density at radius 1 is 1.28 bits per heavy atom. The second-order valence-corrected chi connectivity index (χ2v) is 4.08. The summed E-state index contributed by atoms with van der Waals surface area (Å²) in [6, 6.07) is 8.26. The molecule has 1 aromatic heterocycles. The summed E-state index contributed by atoms with van der Waals surface area (Å²) < 4.78 is 19.1. The van der Waals surface area contributed by atoms with Gasteiger partial charge in [0.2, 0.25) is 0 Å². The quantitative estimate of drug-likeness (QED) is 0.904. The van der Waals surface area contributed by atoms with Crippen LogP contribution < -0.4 is 4.74 Å². The highest BCUT2D eigenvalue weighted by Gasteiger charge is 2.08. The highest BCUT2D eigenvalue weighted by atomic mass is 19.1. The topological polar surface area (TPSA) is 42.4 Å². The number of aromatic nitrogens is 1. The van der Waals surface area contributed by atoms with Crippen molar-refractivity contribution < 1.29 is 14.2 Å². The molecule has 2 rings (SSSR count). The first-order valence-electron chi connectivity index (χ1n) is 5.65. The molecule has 0 aliphatic rings. The molecule has 1 unspecified atom stereocenters. The Balaban J connectivity index is 2.21. The van der Waals surface area contributed by atoms with Crippen LogP contribution in [0.15, 0.2) is 36.5 Å². The predicted octanol–water partition coefficient (Wildman–Crippen LogP) is 3.37. The lowest BCUT2D eigenvalue weighted by atomic mass is 10.2. The highest BCUT2D eigenvalue weighted by molar-refractivity contribution is 5.34. The van der Waals surface area contributed by atoms with E-state index in [0.29, 0.717) is 17.0 Å². The molecule has 0 radical (unpaired) electrons. The summed E-state index contributed by atoms with van der Waals surface area (Å²) in [5, 5.41) is 9.32. The average Bonchev–Trinajstić information content (AvgIpc) is 2.36. The monoisotopic (exact) mass is 247 g/mol. The van der Waals surface area contributed by atoms with Gasteiger partial charge in [0.05, 0.1) is 18.0 Å². The first-order valence-corrected chi connectivity index (χ1v) is 5.65. The van der Waals surface area contributed by atoms with Crippen LogP contribution in [0.4, 0.5) is 4.39 Å². The Morgan fingerprint density at radius 2 is 2.06 bits per heavy atom. The summed E-state index contributed by atoms with van der Waals surface area (Å²) in [5.41, 5.74) is 1.08. The zero-order valence-electron chi connectivity index (χ0n) is 10.2. The Kier molecular flexibility index (Phi) is 3.58. The van der Waals surface area contributed by atoms with E-state index in [1.165, 1.54) is 6.20 Å². The maximum Gasteiger partial charge on any atom is 0.168 e. The third-order valence-electron chi connectivity index (χ3n) is 2.57. The molecule has 0 saturated carbocycles. The molecule has 0 aliphatic carbocycles. The van der Waals surface area contributed by atoms with Crippen molar-refractivity contribution >= 4 is 0 Å². The molecule has 0 bridgehead atoms. The van der Waals surface area contributed by atoms with Crippen LogP contribution in [-0.4, -0.2) is 10.1 Å². The summed E-state index contributed by atoms with van der Waals surface area (Å²) in [6.07, 6.45) is 0.832. The van der Waals surface area contributed by atoms with E-state index in [-0.39, 0.29) is 11.6 Å². The summed E-state index contributed by atoms with van der Waals surface area (Å²) in [6.45, 7) is 3.31. The van der Waals surface area contributed by atoms with Crippen molar-refractivity contribution in [3.8, 4) is 11.5 Å². The number of aliphatic hydroxyl groups excluding tert-OH is 1. The zero-order valence-corrected chi connectivity index (χ0v) is 10.2. The normalized spacial score (nSPS) is 12.2. The van der Waals surface area contributed by atoms with Gasteiger partial charge in [0.15, 0.2) is 11.6 Å². The third kappa shape index (κ3) is 2.65. The molecule has 4 heteroatoms. The fourth-order valence-electron chi connectivity index (χ4n) is 1.53. The lowest BCUT2D eigenvalue weighted by Gasteiger charge is -2.09. The van der Waals surface area contributed by atoms with Crippen molar-refractivity contribution in [2.24, 2.45) is 0 Å². The van der Waals surface area contributed by atoms with Crippen molar-refractivity contribution in [3.05, 3.63) is 53.6 Å². The van der Waals surface area contributed by atoms with E-state index in [2.05, 4.69) is 4.98 Å². The lowest BCUT2D eigenvalue weighted by molar-refractivity contribution is 0.194. The first-order chi connectivity index (χ1) is 8.58. The molecular weight excluding hydrogens is 233 g/mol. The molecule has 3 nitrogen and oxygen atoms in total. The average molecular weight is 247 g/mol. The van der Waals surface area contributed by atoms with Crippen molar-refractivity contribution in [2.45, 2.75) is 20.0 Å². The molecule has 0 saturated heterocycles. The van der Waals surface area contributed by atoms with Crippen molar-refractivity contribution in [2.75, 3.05) is 0 Å². The van der Waals surface area contributed by atoms with Gasteiger partial charge in [-0.25, -0.2) is 4.39 Å². The van der Waals surface area contributed by atoms with Gasteiger partial charge in [-0.05, 0) is 37.6 Å². The van der Waals surface area contributed by atoms with Gasteiger partial charge in [0.1, 0.15) is 5.75 Å². The van der Waals surface area contributed by atoms with Gasteiger partial charge >= 0.3 is 0 Å². The Morgan fingerprint density at radius 3 is 2.67 bits per heavy atom. The number of pyridine rings is 1. The fourth-order valence-corrected chi connectivity index (χ4v) is 1.53. The van der Waals surface area contributed by atoms with Crippen LogP contribution in [0.1, 0.15) is 24.3 Å². The number of halogens is 1. The fraction of sp³-hybridized carbons (Fsp3) is 0.214. The van der Waals surface area contributed by atoms with E-state index in [0.717, 1.165) is 0 Å². The standard InChI is InChI=1S/C14H14FNO2/c1-9-4-3-5-13(14(9)15)18-11-6-7-12(10(2)17)16-8-11/h3-8,10,17H,1-2H3. The third-order valence-corrected chi connectivity index (χ3v) is 2.57. The molecule has 1 atom stereocenters. The van der Waals surface area contributed by atoms with Crippen LogP contribution in [0, 0.1) is 12.7 Å². The van der Waals surface area contributed by atoms with E-state index in [1.54, 1.807) is 44.2 Å². The SMILES string of the molecule is Cc1cccc(Oc2ccc(C(C)O)nc2)c1F. The molecule has 1 heterocycles. The largest absolute Gasteiger partial charge is 0.453 e. The molecule has 1 N–H and O–H groups in total. The zero-order chi connectivity index (χ0) is 13.1. The summed E-state index contributed by atoms with van der Waals surface area (Å²) in [7, 11) is 0. The summed E-state index contributed by atoms with van der Waals surface area (Å²) in [5.74, 6) is 0.225. The molecule has 0 aliphatic heterocycles. The molecule has 0 amide bonds. The van der Waals surface area contributed by atoms with Gasteiger partial charge in [-0.3, -0.25) is 4.98 Å². The Labute approximate surface area is 105 Å². The highest BCUT2D eigenvalue weighted by Crippen LogP contribution is 2.26. The van der Waals surface area contributed by atoms with E-state index in [1.807, 2.05) is 0 Å². The predicted molar refractivity (Wildman–Crippen MR) is 66.1 cm³/mol. The van der Waals surface area contributed by atoms with Crippen molar-refractivity contribution in [1.82, 2.24) is 4.98 Å². The van der Waals surface area contributed by atoms with E-state index < -0.39 is 6.10 Å². The number of aliphatic hydroxyl groups is 1. The molecule has 1 aromatic carbocycles. The number of nitrogens with zero attached hydrogens (tertiary/aromatic N) is 1. The number of ether oxygens (including phenoxy) is 1. The van der Waals surface area contributed by atoms with Gasteiger partial charge in [0, 0.05) is 0 Å². The van der Waals surface area contributed by atoms with Gasteiger partial charge in [-0.15, -0.1) is 0 Å². The minimum atomic E-state index is -0.630. The summed E-state index contributed by atoms with van der Waals surface area (Å²) in [4.78, 5) is 4.03. The summed E-state index contributed by atoms with van der Waals surface area (Å²) >= 11 is 0. The molecular formula is C14H14FNO2. The number of hydrogen-bond donors (Lipinski definition) is 1. The first kappa shape index (κ1) is 12.5. The maximum absolute atomic E-state index is 13.7. The molecule has 2 aromatic rings. The molecule has 0 fully saturated rings. The number of hydrogen-bond acceptors (Lipinski definition) is 3. The van der Waals surface area contributed by atoms with Crippen LogP contribution in [0.3, 0.4) is 0 Å². The second-order valence-electron chi connectivity index (χ2n) is 4.08. The molecule has 0 spiro atoms. The van der Waals surface area contributed by atoms with Crippen LogP contribution in [0.25, 0.3) is 0 Å². The number of aryl methyl sites for hydroxylation is 1. The minimum Gasteiger partial charge on any atom is -0.453 e. The van der Waals surface area contributed by atoms with E-state index >= 15 is 0 Å². The van der Waals surface area contributed by atoms with Crippen molar-refractivity contribution in [1.29, 1.82) is 0 Å². The van der Waals surface area contributed by atoms with Crippen molar-refractivity contribution in [3.63, 3.8) is 0 Å². The van der Waals surface area contributed by atoms with Gasteiger partial charge < -0.3 is 9.84 Å². The van der Waals surface area contributed by atoms with Gasteiger partial charge in [-0.2, -0.15) is 0 Å². The van der Waals surface area contributed by atoms with Crippen LogP contribution in [0.2, 0.25) is 0 Å². The van der Waals surface area contributed by atoms with Crippen LogP contribution >= 0.6 is 0 Å². The van der Waals surface area contributed by atoms with E-state index in [4.69, 9.17) is 4.74 Å². The second kappa shape index (κ2) is 5.14. The minimum absolute atomic E-state index is 0.168. The van der Waals surface area contributed by atoms with Crippen LogP contribution in [0.5, 0.6) is 11.5 Å². The lowest BCUT2D eigenvalue weighted by Crippen LogP contribution is -1.96. The van der Waals surface area contributed by atoms with Gasteiger partial charge in [-0.1, -0.05) is 12.1 Å². The number of rotatable bonds is 3. The van der Waals surface area contributed by atoms with Crippen LogP contribution in [-0.2, 0) is 0 Å². The smallest absolute Gasteiger partial charge is 0.168 e. The molecule has 94 valence electrons. The Hall–Kier alpha value is -1.94. The molecule has 18 heavy (non-hydrogen) atoms. The van der Waals surface area contributed by atoms with E-state index in [9.17, 15) is 9.50 Å². The van der Waals surface area contributed by atoms with Gasteiger partial charge in [0.25, 0.3) is 0 Å². The maximum atomic E-state index is 13.7.